The number of nitrogens with one attached hydrogen (secondary N) is 1. The summed E-state index contributed by atoms with van der Waals surface area (Å²) in [6.45, 7) is 0.291. The highest BCUT2D eigenvalue weighted by molar-refractivity contribution is 6.33. The zero-order valence-electron chi connectivity index (χ0n) is 17.2. The van der Waals surface area contributed by atoms with Gasteiger partial charge in [-0.2, -0.15) is 0 Å². The summed E-state index contributed by atoms with van der Waals surface area (Å²) in [6, 6.07) is 19.7. The smallest absolute Gasteiger partial charge is 0.278 e. The Morgan fingerprint density at radius 1 is 1.06 bits per heavy atom. The van der Waals surface area contributed by atoms with Crippen molar-refractivity contribution in [2.75, 3.05) is 12.8 Å². The number of aromatic nitrogens is 1. The summed E-state index contributed by atoms with van der Waals surface area (Å²) >= 11 is 6.11. The average molecular weight is 450 g/mol. The lowest BCUT2D eigenvalue weighted by Gasteiger charge is -2.15. The van der Waals surface area contributed by atoms with E-state index in [2.05, 4.69) is 10.5 Å². The zero-order chi connectivity index (χ0) is 22.5. The highest BCUT2D eigenvalue weighted by atomic mass is 35.5. The summed E-state index contributed by atoms with van der Waals surface area (Å²) in [5.41, 5.74) is 10.4. The van der Waals surface area contributed by atoms with E-state index in [1.54, 1.807) is 42.6 Å². The van der Waals surface area contributed by atoms with Gasteiger partial charge in [0, 0.05) is 23.7 Å². The first-order valence-corrected chi connectivity index (χ1v) is 10.1. The molecule has 1 heterocycles. The molecule has 0 aliphatic carbocycles. The minimum atomic E-state index is -0.456. The fourth-order valence-electron chi connectivity index (χ4n) is 3.12. The van der Waals surface area contributed by atoms with Crippen LogP contribution in [0.15, 0.2) is 72.9 Å². The number of pyridine rings is 1. The molecule has 32 heavy (non-hydrogen) atoms. The minimum absolute atomic E-state index is 0.281. The maximum Gasteiger partial charge on any atom is 0.278 e. The van der Waals surface area contributed by atoms with Crippen molar-refractivity contribution in [2.24, 2.45) is 0 Å². The van der Waals surface area contributed by atoms with E-state index in [4.69, 9.17) is 31.6 Å². The number of ether oxygens (including phenoxy) is 2. The molecule has 1 amide bonds. The number of hydrogen-bond donors (Lipinski definition) is 2. The van der Waals surface area contributed by atoms with Crippen LogP contribution in [0, 0.1) is 0 Å². The maximum absolute atomic E-state index is 12.7. The summed E-state index contributed by atoms with van der Waals surface area (Å²) in [6.07, 6.45) is 1.62. The first kappa shape index (κ1) is 21.4. The molecule has 3 aromatic carbocycles. The SMILES string of the molecule is CONC(=O)c1cc2c(Oc3ccc(N)c(Cl)c3)ccnc2cc1OCc1ccccc1. The number of nitrogens with zero attached hydrogens (tertiary/aromatic N) is 1. The van der Waals surface area contributed by atoms with Crippen LogP contribution < -0.4 is 20.7 Å². The molecule has 0 aliphatic rings. The van der Waals surface area contributed by atoms with Crippen molar-refractivity contribution in [3.63, 3.8) is 0 Å². The third kappa shape index (κ3) is 4.74. The van der Waals surface area contributed by atoms with Gasteiger partial charge in [-0.1, -0.05) is 41.9 Å². The van der Waals surface area contributed by atoms with Crippen molar-refractivity contribution in [1.82, 2.24) is 10.5 Å². The van der Waals surface area contributed by atoms with Gasteiger partial charge in [-0.15, -0.1) is 0 Å². The van der Waals surface area contributed by atoms with Crippen LogP contribution in [-0.4, -0.2) is 18.0 Å². The Balaban J connectivity index is 1.73. The second kappa shape index (κ2) is 9.55. The molecule has 3 N–H and O–H groups in total. The molecule has 1 aromatic heterocycles. The van der Waals surface area contributed by atoms with Crippen molar-refractivity contribution in [3.05, 3.63) is 89.1 Å². The van der Waals surface area contributed by atoms with Crippen molar-refractivity contribution >= 4 is 34.1 Å². The van der Waals surface area contributed by atoms with Crippen LogP contribution in [0.4, 0.5) is 5.69 Å². The summed E-state index contributed by atoms with van der Waals surface area (Å²) in [5.74, 6) is 0.916. The third-order valence-corrected chi connectivity index (χ3v) is 5.01. The van der Waals surface area contributed by atoms with E-state index in [9.17, 15) is 4.79 Å². The molecule has 4 aromatic rings. The standard InChI is InChI=1S/C24H20ClN3O4/c1-30-28-24(29)18-12-17-21(13-23(18)31-14-15-5-3-2-4-6-15)27-10-9-22(17)32-16-7-8-20(26)19(25)11-16/h2-13H,14,26H2,1H3,(H,28,29). The molecule has 7 nitrogen and oxygen atoms in total. The predicted molar refractivity (Wildman–Crippen MR) is 123 cm³/mol. The molecule has 0 unspecified atom stereocenters. The number of nitrogens with two attached hydrogens (primary N) is 1. The van der Waals surface area contributed by atoms with Gasteiger partial charge in [0.05, 0.1) is 28.9 Å². The van der Waals surface area contributed by atoms with Crippen LogP contribution in [0.1, 0.15) is 15.9 Å². The van der Waals surface area contributed by atoms with Crippen LogP contribution in [0.2, 0.25) is 5.02 Å². The molecule has 0 aliphatic heterocycles. The lowest BCUT2D eigenvalue weighted by atomic mass is 10.1. The molecule has 0 spiro atoms. The second-order valence-corrected chi connectivity index (χ2v) is 7.28. The van der Waals surface area contributed by atoms with Crippen LogP contribution in [0.5, 0.6) is 17.2 Å². The van der Waals surface area contributed by atoms with Crippen LogP contribution in [-0.2, 0) is 11.4 Å². The number of halogens is 1. The van der Waals surface area contributed by atoms with E-state index in [-0.39, 0.29) is 5.56 Å². The van der Waals surface area contributed by atoms with Gasteiger partial charge in [-0.05, 0) is 29.8 Å². The van der Waals surface area contributed by atoms with Crippen molar-refractivity contribution in [1.29, 1.82) is 0 Å². The van der Waals surface area contributed by atoms with Gasteiger partial charge in [0.25, 0.3) is 5.91 Å². The number of rotatable bonds is 7. The van der Waals surface area contributed by atoms with Gasteiger partial charge in [-0.3, -0.25) is 14.6 Å². The monoisotopic (exact) mass is 449 g/mol. The molecular formula is C24H20ClN3O4. The molecule has 162 valence electrons. The number of hydrogen-bond acceptors (Lipinski definition) is 6. The van der Waals surface area contributed by atoms with Crippen LogP contribution in [0.3, 0.4) is 0 Å². The predicted octanol–water partition coefficient (Wildman–Crippen LogP) is 5.13. The Labute approximate surface area is 189 Å². The number of hydroxylamine groups is 1. The first-order chi connectivity index (χ1) is 15.5. The normalized spacial score (nSPS) is 10.7. The van der Waals surface area contributed by atoms with E-state index in [1.807, 2.05) is 30.3 Å². The van der Waals surface area contributed by atoms with Gasteiger partial charge < -0.3 is 15.2 Å². The molecule has 0 bridgehead atoms. The van der Waals surface area contributed by atoms with E-state index in [0.717, 1.165) is 5.56 Å². The Kier molecular flexibility index (Phi) is 6.39. The zero-order valence-corrected chi connectivity index (χ0v) is 17.9. The van der Waals surface area contributed by atoms with E-state index in [0.29, 0.717) is 45.5 Å². The first-order valence-electron chi connectivity index (χ1n) is 9.71. The Morgan fingerprint density at radius 2 is 1.88 bits per heavy atom. The molecule has 0 radical (unpaired) electrons. The Bertz CT molecular complexity index is 1270. The van der Waals surface area contributed by atoms with Crippen molar-refractivity contribution in [3.8, 4) is 17.2 Å². The van der Waals surface area contributed by atoms with E-state index in [1.165, 1.54) is 7.11 Å². The van der Waals surface area contributed by atoms with Crippen molar-refractivity contribution in [2.45, 2.75) is 6.61 Å². The average Bonchev–Trinajstić information content (AvgIpc) is 2.80. The Morgan fingerprint density at radius 3 is 2.62 bits per heavy atom. The molecular weight excluding hydrogens is 430 g/mol. The van der Waals surface area contributed by atoms with Gasteiger partial charge in [0.15, 0.2) is 0 Å². The van der Waals surface area contributed by atoms with E-state index < -0.39 is 5.91 Å². The van der Waals surface area contributed by atoms with Gasteiger partial charge >= 0.3 is 0 Å². The summed E-state index contributed by atoms with van der Waals surface area (Å²) < 4.78 is 12.0. The molecule has 0 fully saturated rings. The highest BCUT2D eigenvalue weighted by Gasteiger charge is 2.17. The summed E-state index contributed by atoms with van der Waals surface area (Å²) in [7, 11) is 1.37. The quantitative estimate of drug-likeness (QED) is 0.300. The molecule has 0 saturated heterocycles. The summed E-state index contributed by atoms with van der Waals surface area (Å²) in [4.78, 5) is 21.9. The van der Waals surface area contributed by atoms with Crippen LogP contribution >= 0.6 is 11.6 Å². The van der Waals surface area contributed by atoms with Crippen molar-refractivity contribution < 1.29 is 19.1 Å². The maximum atomic E-state index is 12.7. The fraction of sp³-hybridized carbons (Fsp3) is 0.0833. The summed E-state index contributed by atoms with van der Waals surface area (Å²) in [5, 5.41) is 1.01. The number of carbonyl (C=O) groups is 1. The molecule has 0 atom stereocenters. The number of amides is 1. The second-order valence-electron chi connectivity index (χ2n) is 6.87. The molecule has 8 heteroatoms. The highest BCUT2D eigenvalue weighted by Crippen LogP contribution is 2.35. The topological polar surface area (TPSA) is 95.7 Å². The van der Waals surface area contributed by atoms with Gasteiger partial charge in [0.2, 0.25) is 0 Å². The number of nitrogen functional groups attached to an aromatic ring is 1. The number of carbonyl (C=O) groups excluding carboxylic acids is 1. The molecule has 0 saturated carbocycles. The third-order valence-electron chi connectivity index (χ3n) is 4.68. The Hall–Kier alpha value is -3.81. The van der Waals surface area contributed by atoms with Gasteiger partial charge in [-0.25, -0.2) is 5.48 Å². The minimum Gasteiger partial charge on any atom is -0.488 e. The lowest BCUT2D eigenvalue weighted by molar-refractivity contribution is 0.0534. The molecule has 4 rings (SSSR count). The fourth-order valence-corrected chi connectivity index (χ4v) is 3.29. The largest absolute Gasteiger partial charge is 0.488 e. The van der Waals surface area contributed by atoms with Crippen LogP contribution in [0.25, 0.3) is 10.9 Å². The number of benzene rings is 3. The number of fused-ring (bicyclic) bond motifs is 1. The van der Waals surface area contributed by atoms with Gasteiger partial charge in [0.1, 0.15) is 23.9 Å². The number of anilines is 1. The lowest BCUT2D eigenvalue weighted by Crippen LogP contribution is -2.22. The van der Waals surface area contributed by atoms with E-state index >= 15 is 0 Å².